The Kier molecular flexibility index (Phi) is 7.64. The monoisotopic (exact) mass is 463 g/mol. The van der Waals surface area contributed by atoms with Gasteiger partial charge in [0.05, 0.1) is 12.3 Å². The average molecular weight is 463 g/mol. The number of hydrogen-bond donors (Lipinski definition) is 4. The molecule has 1 fully saturated rings. The zero-order valence-corrected chi connectivity index (χ0v) is 17.7. The minimum atomic E-state index is -4.67. The fourth-order valence-corrected chi connectivity index (χ4v) is 3.47. The molecule has 2 aliphatic rings. The number of carbonyl (C=O) groups excluding carboxylic acids is 2. The van der Waals surface area contributed by atoms with E-state index in [9.17, 15) is 27.9 Å². The van der Waals surface area contributed by atoms with Crippen LogP contribution in [0.4, 0.5) is 13.2 Å². The molecule has 0 spiro atoms. The van der Waals surface area contributed by atoms with Crippen molar-refractivity contribution in [3.8, 4) is 0 Å². The van der Waals surface area contributed by atoms with Gasteiger partial charge in [0.15, 0.2) is 0 Å². The van der Waals surface area contributed by atoms with Crippen molar-refractivity contribution in [1.82, 2.24) is 20.5 Å². The highest BCUT2D eigenvalue weighted by Gasteiger charge is 2.33. The van der Waals surface area contributed by atoms with Crippen LogP contribution in [0.15, 0.2) is 53.9 Å². The van der Waals surface area contributed by atoms with E-state index in [1.54, 1.807) is 4.90 Å². The minimum Gasteiger partial charge on any atom is -0.396 e. The number of alkyl halides is 3. The number of hydrogen-bond acceptors (Lipinski definition) is 6. The van der Waals surface area contributed by atoms with Crippen LogP contribution in [0.1, 0.15) is 29.0 Å². The van der Waals surface area contributed by atoms with E-state index in [4.69, 9.17) is 5.41 Å². The molecule has 11 heteroatoms. The van der Waals surface area contributed by atoms with Gasteiger partial charge in [-0.1, -0.05) is 6.07 Å². The Bertz CT molecular complexity index is 1020. The molecule has 2 heterocycles. The van der Waals surface area contributed by atoms with Crippen molar-refractivity contribution < 1.29 is 27.9 Å². The van der Waals surface area contributed by atoms with Crippen molar-refractivity contribution >= 4 is 17.5 Å². The van der Waals surface area contributed by atoms with Gasteiger partial charge in [-0.05, 0) is 49.1 Å². The Balaban J connectivity index is 1.61. The Morgan fingerprint density at radius 2 is 2.09 bits per heavy atom. The number of aliphatic hydroxyl groups is 1. The first kappa shape index (κ1) is 24.2. The first-order chi connectivity index (χ1) is 15.7. The normalized spacial score (nSPS) is 19.9. The zero-order chi connectivity index (χ0) is 24.0. The van der Waals surface area contributed by atoms with Gasteiger partial charge in [0.25, 0.3) is 5.91 Å². The number of pyridine rings is 1. The van der Waals surface area contributed by atoms with Crippen molar-refractivity contribution in [3.63, 3.8) is 0 Å². The van der Waals surface area contributed by atoms with Gasteiger partial charge in [0.1, 0.15) is 11.4 Å². The summed E-state index contributed by atoms with van der Waals surface area (Å²) in [4.78, 5) is 29.7. The van der Waals surface area contributed by atoms with Crippen LogP contribution < -0.4 is 10.6 Å². The summed E-state index contributed by atoms with van der Waals surface area (Å²) in [6.45, 7) is 1.18. The number of aromatic nitrogens is 1. The van der Waals surface area contributed by atoms with Gasteiger partial charge in [-0.3, -0.25) is 9.59 Å². The lowest BCUT2D eigenvalue weighted by Crippen LogP contribution is -2.44. The molecule has 33 heavy (non-hydrogen) atoms. The number of halogens is 3. The first-order valence-electron chi connectivity index (χ1n) is 10.3. The number of piperidine rings is 1. The van der Waals surface area contributed by atoms with Crippen LogP contribution in [0.3, 0.4) is 0 Å². The maximum Gasteiger partial charge on any atom is 0.433 e. The van der Waals surface area contributed by atoms with Crippen molar-refractivity contribution in [2.24, 2.45) is 5.92 Å². The Hall–Kier alpha value is -3.47. The quantitative estimate of drug-likeness (QED) is 0.515. The van der Waals surface area contributed by atoms with Gasteiger partial charge in [-0.25, -0.2) is 4.98 Å². The smallest absolute Gasteiger partial charge is 0.396 e. The van der Waals surface area contributed by atoms with E-state index in [1.165, 1.54) is 30.5 Å². The second kappa shape index (κ2) is 10.4. The molecule has 4 N–H and O–H groups in total. The van der Waals surface area contributed by atoms with Gasteiger partial charge >= 0.3 is 6.18 Å². The number of amides is 2. The molecule has 1 aliphatic heterocycles. The fourth-order valence-electron chi connectivity index (χ4n) is 3.47. The number of likely N-dealkylation sites (tertiary alicyclic amines) is 1. The van der Waals surface area contributed by atoms with Crippen LogP contribution in [0, 0.1) is 11.3 Å². The van der Waals surface area contributed by atoms with E-state index in [1.807, 2.05) is 0 Å². The molecule has 2 amide bonds. The Morgan fingerprint density at radius 3 is 2.82 bits per heavy atom. The van der Waals surface area contributed by atoms with Crippen LogP contribution in [0.5, 0.6) is 0 Å². The van der Waals surface area contributed by atoms with Crippen molar-refractivity contribution in [2.45, 2.75) is 19.0 Å². The van der Waals surface area contributed by atoms with Crippen molar-refractivity contribution in [2.75, 3.05) is 26.2 Å². The molecular weight excluding hydrogens is 439 g/mol. The molecule has 0 saturated carbocycles. The largest absolute Gasteiger partial charge is 0.433 e. The summed E-state index contributed by atoms with van der Waals surface area (Å²) >= 11 is 0. The predicted octanol–water partition coefficient (Wildman–Crippen LogP) is 2.01. The van der Waals surface area contributed by atoms with Crippen LogP contribution in [0.2, 0.25) is 0 Å². The van der Waals surface area contributed by atoms with E-state index in [-0.39, 0.29) is 36.4 Å². The van der Waals surface area contributed by atoms with Gasteiger partial charge in [0.2, 0.25) is 5.91 Å². The molecular formula is C22H24F3N5O3. The summed E-state index contributed by atoms with van der Waals surface area (Å²) in [5.41, 5.74) is -0.792. The highest BCUT2D eigenvalue weighted by Crippen LogP contribution is 2.27. The number of rotatable bonds is 6. The minimum absolute atomic E-state index is 0.00231. The molecule has 1 unspecified atom stereocenters. The zero-order valence-electron chi connectivity index (χ0n) is 17.7. The third-order valence-electron chi connectivity index (χ3n) is 5.22. The second-order valence-corrected chi connectivity index (χ2v) is 7.72. The molecule has 0 radical (unpaired) electrons. The van der Waals surface area contributed by atoms with Gasteiger partial charge in [0, 0.05) is 37.2 Å². The summed E-state index contributed by atoms with van der Waals surface area (Å²) in [5.74, 6) is -0.870. The molecule has 8 nitrogen and oxygen atoms in total. The lowest BCUT2D eigenvalue weighted by molar-refractivity contribution is -0.141. The maximum atomic E-state index is 12.8. The van der Waals surface area contributed by atoms with Gasteiger partial charge in [-0.15, -0.1) is 0 Å². The molecule has 0 bridgehead atoms. The van der Waals surface area contributed by atoms with E-state index in [0.717, 1.165) is 25.0 Å². The number of carbonyl (C=O) groups is 2. The van der Waals surface area contributed by atoms with Crippen LogP contribution in [-0.2, 0) is 11.0 Å². The summed E-state index contributed by atoms with van der Waals surface area (Å²) in [5, 5.41) is 22.6. The fraction of sp³-hybridized carbons (Fsp3) is 0.364. The summed E-state index contributed by atoms with van der Waals surface area (Å²) in [6, 6.07) is 3.05. The van der Waals surface area contributed by atoms with Crippen LogP contribution >= 0.6 is 0 Å². The van der Waals surface area contributed by atoms with Crippen LogP contribution in [0.25, 0.3) is 0 Å². The molecule has 1 aliphatic carbocycles. The highest BCUT2D eigenvalue weighted by atomic mass is 19.4. The third kappa shape index (κ3) is 6.51. The third-order valence-corrected chi connectivity index (χ3v) is 5.22. The van der Waals surface area contributed by atoms with E-state index >= 15 is 0 Å². The van der Waals surface area contributed by atoms with Crippen molar-refractivity contribution in [1.29, 1.82) is 5.41 Å². The molecule has 0 aromatic carbocycles. The van der Waals surface area contributed by atoms with E-state index in [2.05, 4.69) is 15.6 Å². The highest BCUT2D eigenvalue weighted by molar-refractivity contribution is 6.10. The maximum absolute atomic E-state index is 12.8. The van der Waals surface area contributed by atoms with Gasteiger partial charge < -0.3 is 26.0 Å². The second-order valence-electron chi connectivity index (χ2n) is 7.72. The van der Waals surface area contributed by atoms with E-state index in [0.29, 0.717) is 18.7 Å². The Labute approximate surface area is 188 Å². The molecule has 3 rings (SSSR count). The first-order valence-corrected chi connectivity index (χ1v) is 10.3. The lowest BCUT2D eigenvalue weighted by atomic mass is 9.99. The van der Waals surface area contributed by atoms with Crippen molar-refractivity contribution in [3.05, 3.63) is 65.3 Å². The predicted molar refractivity (Wildman–Crippen MR) is 114 cm³/mol. The van der Waals surface area contributed by atoms with E-state index < -0.39 is 23.5 Å². The molecule has 1 saturated heterocycles. The topological polar surface area (TPSA) is 118 Å². The molecule has 1 atom stereocenters. The average Bonchev–Trinajstić information content (AvgIpc) is 2.80. The summed E-state index contributed by atoms with van der Waals surface area (Å²) < 4.78 is 38.5. The van der Waals surface area contributed by atoms with Gasteiger partial charge in [-0.2, -0.15) is 13.2 Å². The Morgan fingerprint density at radius 1 is 1.30 bits per heavy atom. The number of aliphatic hydroxyl groups excluding tert-OH is 1. The summed E-state index contributed by atoms with van der Waals surface area (Å²) in [6.07, 6.45) is 2.85. The summed E-state index contributed by atoms with van der Waals surface area (Å²) in [7, 11) is 0. The lowest BCUT2D eigenvalue weighted by Gasteiger charge is -2.31. The standard InChI is InChI=1S/C22H24F3N5O3/c23-22(24,25)19-5-1-4-18(29-19)21(33)28-16-6-7-17(26)15(9-16)10-27-11-20(32)30-8-2-3-14(12-30)13-31/h1,4-7,9-10,14,26-27,31H,2-3,8,11-13H2,(H,28,33)/b15-10-,26-17?. The van der Waals surface area contributed by atoms with Crippen LogP contribution in [-0.4, -0.2) is 58.8 Å². The molecule has 176 valence electrons. The SMILES string of the molecule is N=C1C=CC(NC(=O)c2cccc(C(F)(F)F)n2)=C/C1=C/NCC(=O)N1CCCC(CO)C1. The molecule has 1 aromatic rings. The number of nitrogens with zero attached hydrogens (tertiary/aromatic N) is 2. The number of allylic oxidation sites excluding steroid dienone is 4. The molecule has 1 aromatic heterocycles. The number of nitrogens with one attached hydrogen (secondary N) is 3.